The molecule has 10 heteroatoms. The van der Waals surface area contributed by atoms with E-state index in [9.17, 15) is 18.0 Å². The molecule has 0 radical (unpaired) electrons. The van der Waals surface area contributed by atoms with E-state index in [4.69, 9.17) is 16.7 Å². The maximum atomic E-state index is 13.3. The zero-order chi connectivity index (χ0) is 25.2. The van der Waals surface area contributed by atoms with Gasteiger partial charge in [0.2, 0.25) is 0 Å². The molecule has 35 heavy (non-hydrogen) atoms. The van der Waals surface area contributed by atoms with Crippen molar-refractivity contribution in [2.24, 2.45) is 0 Å². The Labute approximate surface area is 204 Å². The molecular formula is C25H20ClF3N4O2. The summed E-state index contributed by atoms with van der Waals surface area (Å²) in [6.07, 6.45) is -2.35. The number of aryl methyl sites for hydroxylation is 1. The Morgan fingerprint density at radius 3 is 2.40 bits per heavy atom. The number of aliphatic hydroxyl groups is 1. The van der Waals surface area contributed by atoms with Crippen LogP contribution >= 0.6 is 11.6 Å². The van der Waals surface area contributed by atoms with Gasteiger partial charge in [-0.2, -0.15) is 13.2 Å². The van der Waals surface area contributed by atoms with Gasteiger partial charge in [-0.3, -0.25) is 4.79 Å². The van der Waals surface area contributed by atoms with Crippen LogP contribution in [0.5, 0.6) is 0 Å². The molecule has 0 spiro atoms. The second kappa shape index (κ2) is 9.89. The molecule has 0 aliphatic carbocycles. The lowest BCUT2D eigenvalue weighted by Crippen LogP contribution is -2.07. The SMILES string of the molecule is Cc1ccc(-n2cc(CCO)nn2)cc1C(=O)c1ccc(Nc2ccc(C(F)(F)F)cc2)cc1Cl. The molecule has 1 heterocycles. The van der Waals surface area contributed by atoms with Crippen molar-refractivity contribution in [3.05, 3.63) is 99.8 Å². The van der Waals surface area contributed by atoms with Gasteiger partial charge in [0.25, 0.3) is 0 Å². The number of aromatic nitrogens is 3. The van der Waals surface area contributed by atoms with Crippen molar-refractivity contribution in [1.29, 1.82) is 0 Å². The summed E-state index contributed by atoms with van der Waals surface area (Å²) in [5.74, 6) is -0.286. The van der Waals surface area contributed by atoms with E-state index in [2.05, 4.69) is 15.6 Å². The molecule has 6 nitrogen and oxygen atoms in total. The molecule has 4 aromatic rings. The number of hydrogen-bond acceptors (Lipinski definition) is 5. The Balaban J connectivity index is 1.56. The van der Waals surface area contributed by atoms with E-state index in [1.807, 2.05) is 13.0 Å². The van der Waals surface area contributed by atoms with Crippen LogP contribution in [0.1, 0.15) is 32.7 Å². The quantitative estimate of drug-likeness (QED) is 0.315. The van der Waals surface area contributed by atoms with Crippen LogP contribution in [-0.4, -0.2) is 32.5 Å². The second-order valence-electron chi connectivity index (χ2n) is 7.85. The number of nitrogens with one attached hydrogen (secondary N) is 1. The summed E-state index contributed by atoms with van der Waals surface area (Å²) in [5, 5.41) is 20.3. The number of carbonyl (C=O) groups excluding carboxylic acids is 1. The van der Waals surface area contributed by atoms with Crippen molar-refractivity contribution < 1.29 is 23.1 Å². The molecule has 0 saturated heterocycles. The highest BCUT2D eigenvalue weighted by atomic mass is 35.5. The van der Waals surface area contributed by atoms with Crippen LogP contribution in [0.2, 0.25) is 5.02 Å². The maximum Gasteiger partial charge on any atom is 0.416 e. The fourth-order valence-electron chi connectivity index (χ4n) is 3.48. The third-order valence-corrected chi connectivity index (χ3v) is 5.67. The number of alkyl halides is 3. The van der Waals surface area contributed by atoms with Crippen molar-refractivity contribution >= 4 is 28.8 Å². The summed E-state index contributed by atoms with van der Waals surface area (Å²) in [6.45, 7) is 1.77. The lowest BCUT2D eigenvalue weighted by Gasteiger charge is -2.12. The van der Waals surface area contributed by atoms with Gasteiger partial charge in [0.1, 0.15) is 0 Å². The number of hydrogen-bond donors (Lipinski definition) is 2. The molecular weight excluding hydrogens is 481 g/mol. The molecule has 1 aromatic heterocycles. The predicted octanol–water partition coefficient (Wildman–Crippen LogP) is 5.76. The van der Waals surface area contributed by atoms with Gasteiger partial charge in [-0.25, -0.2) is 4.68 Å². The molecule has 0 atom stereocenters. The normalized spacial score (nSPS) is 11.5. The Kier molecular flexibility index (Phi) is 6.90. The molecule has 0 saturated carbocycles. The van der Waals surface area contributed by atoms with E-state index < -0.39 is 11.7 Å². The van der Waals surface area contributed by atoms with Gasteiger partial charge in [-0.05, 0) is 67.1 Å². The third-order valence-electron chi connectivity index (χ3n) is 5.35. The van der Waals surface area contributed by atoms with Crippen LogP contribution in [0.15, 0.2) is 66.9 Å². The van der Waals surface area contributed by atoms with E-state index in [0.717, 1.165) is 17.7 Å². The van der Waals surface area contributed by atoms with Crippen LogP contribution < -0.4 is 5.32 Å². The van der Waals surface area contributed by atoms with Crippen molar-refractivity contribution in [3.63, 3.8) is 0 Å². The van der Waals surface area contributed by atoms with Crippen molar-refractivity contribution in [2.45, 2.75) is 19.5 Å². The first-order chi connectivity index (χ1) is 16.7. The van der Waals surface area contributed by atoms with Crippen LogP contribution in [0.3, 0.4) is 0 Å². The minimum absolute atomic E-state index is 0.0431. The highest BCUT2D eigenvalue weighted by Crippen LogP contribution is 2.31. The van der Waals surface area contributed by atoms with Gasteiger partial charge in [-0.1, -0.05) is 22.9 Å². The minimum Gasteiger partial charge on any atom is -0.396 e. The van der Waals surface area contributed by atoms with Crippen LogP contribution in [0.4, 0.5) is 24.5 Å². The molecule has 0 bridgehead atoms. The van der Waals surface area contributed by atoms with E-state index in [-0.39, 0.29) is 23.0 Å². The topological polar surface area (TPSA) is 80.0 Å². The first-order valence-corrected chi connectivity index (χ1v) is 10.9. The number of carbonyl (C=O) groups is 1. The van der Waals surface area contributed by atoms with Gasteiger partial charge < -0.3 is 10.4 Å². The number of benzene rings is 3. The summed E-state index contributed by atoms with van der Waals surface area (Å²) in [5.41, 5.74) is 2.96. The van der Waals surface area contributed by atoms with Gasteiger partial charge in [0.05, 0.1) is 28.2 Å². The zero-order valence-corrected chi connectivity index (χ0v) is 19.2. The Bertz CT molecular complexity index is 1370. The second-order valence-corrected chi connectivity index (χ2v) is 8.26. The Morgan fingerprint density at radius 1 is 1.03 bits per heavy atom. The highest BCUT2D eigenvalue weighted by Gasteiger charge is 2.30. The van der Waals surface area contributed by atoms with Crippen molar-refractivity contribution in [3.8, 4) is 5.69 Å². The number of halogens is 4. The van der Waals surface area contributed by atoms with Gasteiger partial charge in [-0.15, -0.1) is 5.10 Å². The van der Waals surface area contributed by atoms with E-state index in [0.29, 0.717) is 34.7 Å². The lowest BCUT2D eigenvalue weighted by atomic mass is 9.98. The number of aliphatic hydroxyl groups excluding tert-OH is 1. The molecule has 180 valence electrons. The first-order valence-electron chi connectivity index (χ1n) is 10.6. The predicted molar refractivity (Wildman–Crippen MR) is 126 cm³/mol. The smallest absolute Gasteiger partial charge is 0.396 e. The van der Waals surface area contributed by atoms with Crippen molar-refractivity contribution in [1.82, 2.24) is 15.0 Å². The molecule has 2 N–H and O–H groups in total. The number of rotatable bonds is 7. The summed E-state index contributed by atoms with van der Waals surface area (Å²) in [7, 11) is 0. The average molecular weight is 501 g/mol. The van der Waals surface area contributed by atoms with Crippen LogP contribution in [0.25, 0.3) is 5.69 Å². The molecule has 0 aliphatic rings. The van der Waals surface area contributed by atoms with Gasteiger partial charge in [0.15, 0.2) is 5.78 Å². The maximum absolute atomic E-state index is 13.3. The van der Waals surface area contributed by atoms with Crippen molar-refractivity contribution in [2.75, 3.05) is 11.9 Å². The van der Waals surface area contributed by atoms with Gasteiger partial charge >= 0.3 is 6.18 Å². The summed E-state index contributed by atoms with van der Waals surface area (Å²) < 4.78 is 39.8. The van der Waals surface area contributed by atoms with Crippen LogP contribution in [0, 0.1) is 6.92 Å². The lowest BCUT2D eigenvalue weighted by molar-refractivity contribution is -0.137. The molecule has 0 unspecified atom stereocenters. The largest absolute Gasteiger partial charge is 0.416 e. The fourth-order valence-corrected chi connectivity index (χ4v) is 3.75. The molecule has 0 fully saturated rings. The molecule has 0 amide bonds. The monoisotopic (exact) mass is 500 g/mol. The Morgan fingerprint density at radius 2 is 1.74 bits per heavy atom. The van der Waals surface area contributed by atoms with E-state index in [1.165, 1.54) is 16.8 Å². The minimum atomic E-state index is -4.41. The fraction of sp³-hybridized carbons (Fsp3) is 0.160. The van der Waals surface area contributed by atoms with E-state index in [1.54, 1.807) is 36.5 Å². The molecule has 0 aliphatic heterocycles. The first kappa shape index (κ1) is 24.4. The standard InChI is InChI=1S/C25H20ClF3N4O2/c1-15-2-8-20(33-14-19(10-11-34)31-32-33)13-22(15)24(35)21-9-7-18(12-23(21)26)30-17-5-3-16(4-6-17)25(27,28)29/h2-9,12-14,30,34H,10-11H2,1H3. The number of ketones is 1. The Hall–Kier alpha value is -3.69. The average Bonchev–Trinajstić information content (AvgIpc) is 3.28. The summed E-state index contributed by atoms with van der Waals surface area (Å²) >= 11 is 6.41. The zero-order valence-electron chi connectivity index (χ0n) is 18.5. The highest BCUT2D eigenvalue weighted by molar-refractivity contribution is 6.35. The third kappa shape index (κ3) is 5.52. The summed E-state index contributed by atoms with van der Waals surface area (Å²) in [4.78, 5) is 13.3. The number of anilines is 2. The van der Waals surface area contributed by atoms with Crippen LogP contribution in [-0.2, 0) is 12.6 Å². The molecule has 3 aromatic carbocycles. The summed E-state index contributed by atoms with van der Waals surface area (Å²) in [6, 6.07) is 14.7. The molecule has 4 rings (SSSR count). The number of nitrogens with zero attached hydrogens (tertiary/aromatic N) is 3. The van der Waals surface area contributed by atoms with E-state index >= 15 is 0 Å². The van der Waals surface area contributed by atoms with Gasteiger partial charge in [0, 0.05) is 35.5 Å².